The molecular formula is C18H29ClN2O2. The van der Waals surface area contributed by atoms with E-state index in [0.29, 0.717) is 19.8 Å². The van der Waals surface area contributed by atoms with Gasteiger partial charge in [-0.3, -0.25) is 4.79 Å². The first kappa shape index (κ1) is 19.9. The van der Waals surface area contributed by atoms with Crippen molar-refractivity contribution in [1.29, 1.82) is 0 Å². The van der Waals surface area contributed by atoms with Crippen LogP contribution in [0.2, 0.25) is 0 Å². The minimum atomic E-state index is -0.447. The Hall–Kier alpha value is -1.10. The van der Waals surface area contributed by atoms with Crippen molar-refractivity contribution in [3.8, 4) is 0 Å². The van der Waals surface area contributed by atoms with Crippen molar-refractivity contribution < 1.29 is 9.53 Å². The summed E-state index contributed by atoms with van der Waals surface area (Å²) in [5.74, 6) is 0.129. The van der Waals surface area contributed by atoms with Crippen molar-refractivity contribution in [2.45, 2.75) is 45.1 Å². The van der Waals surface area contributed by atoms with Gasteiger partial charge in [-0.25, -0.2) is 0 Å². The van der Waals surface area contributed by atoms with Crippen LogP contribution in [-0.2, 0) is 14.9 Å². The van der Waals surface area contributed by atoms with Crippen LogP contribution in [0.15, 0.2) is 24.3 Å². The fraction of sp³-hybridized carbons (Fsp3) is 0.611. The number of carbonyl (C=O) groups is 1. The van der Waals surface area contributed by atoms with E-state index < -0.39 is 5.41 Å². The molecule has 0 bridgehead atoms. The molecule has 0 radical (unpaired) electrons. The number of nitrogens with one attached hydrogen (secondary N) is 2. The van der Waals surface area contributed by atoms with Crippen LogP contribution < -0.4 is 10.6 Å². The van der Waals surface area contributed by atoms with Crippen molar-refractivity contribution in [2.24, 2.45) is 0 Å². The summed E-state index contributed by atoms with van der Waals surface area (Å²) in [6.07, 6.45) is 1.50. The van der Waals surface area contributed by atoms with Gasteiger partial charge in [0.2, 0.25) is 5.91 Å². The van der Waals surface area contributed by atoms with Crippen LogP contribution in [0.5, 0.6) is 0 Å². The SMILES string of the molecule is CCN[C@H](C)CNC(=O)C1(c2ccc(C)cc2)CCOCC1.Cl. The predicted octanol–water partition coefficient (Wildman–Crippen LogP) is 2.58. The summed E-state index contributed by atoms with van der Waals surface area (Å²) in [5, 5.41) is 6.46. The van der Waals surface area contributed by atoms with Crippen molar-refractivity contribution >= 4 is 18.3 Å². The standard InChI is InChI=1S/C18H28N2O2.ClH/c1-4-19-15(3)13-20-17(21)18(9-11-22-12-10-18)16-7-5-14(2)6-8-16;/h5-8,15,19H,4,9-13H2,1-3H3,(H,20,21);1H/t15-;/m1./s1. The number of ether oxygens (including phenoxy) is 1. The average molecular weight is 341 g/mol. The van der Waals surface area contributed by atoms with Crippen LogP contribution in [0.1, 0.15) is 37.8 Å². The molecule has 1 aromatic carbocycles. The normalized spacial score (nSPS) is 17.9. The summed E-state index contributed by atoms with van der Waals surface area (Å²) >= 11 is 0. The highest BCUT2D eigenvalue weighted by atomic mass is 35.5. The molecule has 5 heteroatoms. The Balaban J connectivity index is 0.00000264. The zero-order chi connectivity index (χ0) is 16.0. The van der Waals surface area contributed by atoms with Crippen LogP contribution >= 0.6 is 12.4 Å². The van der Waals surface area contributed by atoms with Crippen LogP contribution in [0.4, 0.5) is 0 Å². The molecule has 23 heavy (non-hydrogen) atoms. The van der Waals surface area contributed by atoms with E-state index >= 15 is 0 Å². The summed E-state index contributed by atoms with van der Waals surface area (Å²) in [4.78, 5) is 12.9. The molecule has 1 aliphatic rings. The number of carbonyl (C=O) groups excluding carboxylic acids is 1. The number of halogens is 1. The molecule has 1 aromatic rings. The largest absolute Gasteiger partial charge is 0.381 e. The Morgan fingerprint density at radius 1 is 1.26 bits per heavy atom. The smallest absolute Gasteiger partial charge is 0.230 e. The minimum Gasteiger partial charge on any atom is -0.381 e. The minimum absolute atomic E-state index is 0. The highest BCUT2D eigenvalue weighted by molar-refractivity contribution is 5.88. The molecule has 0 aromatic heterocycles. The zero-order valence-corrected chi connectivity index (χ0v) is 15.2. The lowest BCUT2D eigenvalue weighted by Gasteiger charge is -2.36. The highest BCUT2D eigenvalue weighted by Crippen LogP contribution is 2.35. The Morgan fingerprint density at radius 3 is 2.43 bits per heavy atom. The summed E-state index contributed by atoms with van der Waals surface area (Å²) in [6, 6.07) is 8.63. The van der Waals surface area contributed by atoms with E-state index in [2.05, 4.69) is 55.7 Å². The number of hydrogen-bond acceptors (Lipinski definition) is 3. The molecule has 1 saturated heterocycles. The zero-order valence-electron chi connectivity index (χ0n) is 14.4. The second-order valence-corrected chi connectivity index (χ2v) is 6.23. The second kappa shape index (κ2) is 9.26. The van der Waals surface area contributed by atoms with Crippen molar-refractivity contribution in [1.82, 2.24) is 10.6 Å². The topological polar surface area (TPSA) is 50.4 Å². The van der Waals surface area contributed by atoms with Gasteiger partial charge in [0.05, 0.1) is 5.41 Å². The quantitative estimate of drug-likeness (QED) is 0.836. The maximum absolute atomic E-state index is 12.9. The van der Waals surface area contributed by atoms with Gasteiger partial charge in [0.15, 0.2) is 0 Å². The van der Waals surface area contributed by atoms with E-state index in [9.17, 15) is 4.79 Å². The molecule has 1 amide bonds. The van der Waals surface area contributed by atoms with Gasteiger partial charge in [-0.15, -0.1) is 12.4 Å². The molecule has 4 nitrogen and oxygen atoms in total. The predicted molar refractivity (Wildman–Crippen MR) is 96.3 cm³/mol. The van der Waals surface area contributed by atoms with E-state index in [1.54, 1.807) is 0 Å². The van der Waals surface area contributed by atoms with E-state index in [0.717, 1.165) is 24.9 Å². The van der Waals surface area contributed by atoms with Gasteiger partial charge in [0.25, 0.3) is 0 Å². The fourth-order valence-corrected chi connectivity index (χ4v) is 3.07. The van der Waals surface area contributed by atoms with Crippen molar-refractivity contribution in [3.63, 3.8) is 0 Å². The molecular weight excluding hydrogens is 312 g/mol. The molecule has 2 rings (SSSR count). The van der Waals surface area contributed by atoms with Gasteiger partial charge in [0.1, 0.15) is 0 Å². The number of benzene rings is 1. The number of rotatable bonds is 6. The molecule has 0 saturated carbocycles. The van der Waals surface area contributed by atoms with E-state index in [1.807, 2.05) is 0 Å². The third-order valence-electron chi connectivity index (χ3n) is 4.51. The molecule has 1 atom stereocenters. The molecule has 130 valence electrons. The Kier molecular flexibility index (Phi) is 8.03. The highest BCUT2D eigenvalue weighted by Gasteiger charge is 2.41. The van der Waals surface area contributed by atoms with Crippen molar-refractivity contribution in [3.05, 3.63) is 35.4 Å². The Bertz CT molecular complexity index is 484. The number of amides is 1. The summed E-state index contributed by atoms with van der Waals surface area (Å²) < 4.78 is 5.49. The van der Waals surface area contributed by atoms with Gasteiger partial charge in [0, 0.05) is 25.8 Å². The van der Waals surface area contributed by atoms with Crippen LogP contribution in [0.3, 0.4) is 0 Å². The van der Waals surface area contributed by atoms with Gasteiger partial charge in [-0.1, -0.05) is 36.8 Å². The van der Waals surface area contributed by atoms with Gasteiger partial charge >= 0.3 is 0 Å². The first-order valence-electron chi connectivity index (χ1n) is 8.25. The first-order valence-corrected chi connectivity index (χ1v) is 8.25. The lowest BCUT2D eigenvalue weighted by atomic mass is 9.73. The van der Waals surface area contributed by atoms with E-state index in [-0.39, 0.29) is 24.4 Å². The lowest BCUT2D eigenvalue weighted by Crippen LogP contribution is -2.50. The monoisotopic (exact) mass is 340 g/mol. The molecule has 0 unspecified atom stereocenters. The number of aryl methyl sites for hydroxylation is 1. The Morgan fingerprint density at radius 2 is 1.87 bits per heavy atom. The molecule has 1 aliphatic heterocycles. The molecule has 1 heterocycles. The van der Waals surface area contributed by atoms with Crippen LogP contribution in [0.25, 0.3) is 0 Å². The number of likely N-dealkylation sites (N-methyl/N-ethyl adjacent to an activating group) is 1. The number of hydrogen-bond donors (Lipinski definition) is 2. The van der Waals surface area contributed by atoms with Crippen molar-refractivity contribution in [2.75, 3.05) is 26.3 Å². The molecule has 0 aliphatic carbocycles. The summed E-state index contributed by atoms with van der Waals surface area (Å²) in [6.45, 7) is 9.08. The second-order valence-electron chi connectivity index (χ2n) is 6.23. The van der Waals surface area contributed by atoms with Crippen LogP contribution in [0, 0.1) is 6.92 Å². The van der Waals surface area contributed by atoms with E-state index in [1.165, 1.54) is 5.56 Å². The maximum atomic E-state index is 12.9. The third kappa shape index (κ3) is 4.93. The van der Waals surface area contributed by atoms with Crippen LogP contribution in [-0.4, -0.2) is 38.3 Å². The summed E-state index contributed by atoms with van der Waals surface area (Å²) in [7, 11) is 0. The lowest BCUT2D eigenvalue weighted by molar-refractivity contribution is -0.130. The summed E-state index contributed by atoms with van der Waals surface area (Å²) in [5.41, 5.74) is 1.87. The van der Waals surface area contributed by atoms with Gasteiger partial charge in [-0.05, 0) is 38.8 Å². The first-order chi connectivity index (χ1) is 10.6. The Labute approximate surface area is 145 Å². The average Bonchev–Trinajstić information content (AvgIpc) is 2.54. The molecule has 1 fully saturated rings. The fourth-order valence-electron chi connectivity index (χ4n) is 3.07. The van der Waals surface area contributed by atoms with Gasteiger partial charge in [-0.2, -0.15) is 0 Å². The maximum Gasteiger partial charge on any atom is 0.230 e. The van der Waals surface area contributed by atoms with E-state index in [4.69, 9.17) is 4.74 Å². The molecule has 2 N–H and O–H groups in total. The third-order valence-corrected chi connectivity index (χ3v) is 4.51. The molecule has 0 spiro atoms. The van der Waals surface area contributed by atoms with Gasteiger partial charge < -0.3 is 15.4 Å².